The first kappa shape index (κ1) is 14.0. The van der Waals surface area contributed by atoms with E-state index in [0.717, 1.165) is 30.5 Å². The molecule has 0 saturated carbocycles. The second-order valence-electron chi connectivity index (χ2n) is 5.59. The summed E-state index contributed by atoms with van der Waals surface area (Å²) in [5.74, 6) is 1.94. The molecule has 21 heavy (non-hydrogen) atoms. The number of likely N-dealkylation sites (N-methyl/N-ethyl adjacent to an activating group) is 1. The number of methoxy groups -OCH3 is 2. The van der Waals surface area contributed by atoms with Crippen LogP contribution < -0.4 is 15.2 Å². The molecule has 1 aromatic heterocycles. The van der Waals surface area contributed by atoms with E-state index in [1.807, 2.05) is 12.1 Å². The molecule has 1 aliphatic heterocycles. The van der Waals surface area contributed by atoms with E-state index < -0.39 is 0 Å². The summed E-state index contributed by atoms with van der Waals surface area (Å²) in [6, 6.07) is 4.20. The van der Waals surface area contributed by atoms with E-state index in [9.17, 15) is 0 Å². The first-order valence-electron chi connectivity index (χ1n) is 7.22. The maximum absolute atomic E-state index is 6.16. The summed E-state index contributed by atoms with van der Waals surface area (Å²) in [5, 5.41) is 0. The molecular formula is C15H22N4O2. The number of anilines is 1. The molecule has 0 bridgehead atoms. The van der Waals surface area contributed by atoms with Crippen LogP contribution in [0.4, 0.5) is 5.95 Å². The number of fused-ring (bicyclic) bond motifs is 1. The number of rotatable bonds is 3. The maximum atomic E-state index is 6.16. The molecule has 6 heteroatoms. The number of ether oxygens (including phenoxy) is 2. The molecular weight excluding hydrogens is 268 g/mol. The molecule has 2 N–H and O–H groups in total. The topological polar surface area (TPSA) is 65.5 Å². The Labute approximate surface area is 124 Å². The van der Waals surface area contributed by atoms with Crippen molar-refractivity contribution in [3.63, 3.8) is 0 Å². The van der Waals surface area contributed by atoms with Gasteiger partial charge < -0.3 is 24.7 Å². The number of aromatic nitrogens is 2. The molecule has 6 nitrogen and oxygen atoms in total. The van der Waals surface area contributed by atoms with Crippen LogP contribution in [0.15, 0.2) is 12.1 Å². The van der Waals surface area contributed by atoms with E-state index in [1.54, 1.807) is 14.2 Å². The van der Waals surface area contributed by atoms with Crippen molar-refractivity contribution >= 4 is 17.0 Å². The molecule has 0 amide bonds. The lowest BCUT2D eigenvalue weighted by molar-refractivity contribution is 0.216. The first-order chi connectivity index (χ1) is 10.1. The summed E-state index contributed by atoms with van der Waals surface area (Å²) in [6.45, 7) is 2.13. The molecule has 2 aromatic rings. The van der Waals surface area contributed by atoms with Crippen LogP contribution in [-0.2, 0) is 0 Å². The molecule has 1 atom stereocenters. The number of nitrogens with two attached hydrogens (primary N) is 1. The van der Waals surface area contributed by atoms with Crippen LogP contribution in [0.5, 0.6) is 11.5 Å². The third kappa shape index (κ3) is 2.40. The van der Waals surface area contributed by atoms with E-state index in [-0.39, 0.29) is 0 Å². The monoisotopic (exact) mass is 290 g/mol. The van der Waals surface area contributed by atoms with Gasteiger partial charge in [-0.25, -0.2) is 4.98 Å². The minimum absolute atomic E-state index is 0.354. The summed E-state index contributed by atoms with van der Waals surface area (Å²) in [4.78, 5) is 6.82. The number of benzene rings is 1. The van der Waals surface area contributed by atoms with Gasteiger partial charge in [-0.3, -0.25) is 0 Å². The number of hydrogen-bond acceptors (Lipinski definition) is 5. The Balaban J connectivity index is 2.11. The van der Waals surface area contributed by atoms with Gasteiger partial charge in [0.05, 0.1) is 25.3 Å². The minimum Gasteiger partial charge on any atom is -0.493 e. The van der Waals surface area contributed by atoms with Crippen molar-refractivity contribution in [1.29, 1.82) is 0 Å². The fourth-order valence-corrected chi connectivity index (χ4v) is 3.17. The largest absolute Gasteiger partial charge is 0.493 e. The van der Waals surface area contributed by atoms with E-state index in [4.69, 9.17) is 15.2 Å². The Hall–Kier alpha value is -1.95. The van der Waals surface area contributed by atoms with Crippen molar-refractivity contribution in [2.75, 3.05) is 40.1 Å². The summed E-state index contributed by atoms with van der Waals surface area (Å²) in [6.07, 6.45) is 2.29. The molecule has 1 unspecified atom stereocenters. The van der Waals surface area contributed by atoms with Crippen LogP contribution in [-0.4, -0.2) is 48.8 Å². The van der Waals surface area contributed by atoms with Crippen LogP contribution in [0.25, 0.3) is 11.0 Å². The van der Waals surface area contributed by atoms with E-state index in [1.165, 1.54) is 6.42 Å². The fourth-order valence-electron chi connectivity index (χ4n) is 3.17. The van der Waals surface area contributed by atoms with Gasteiger partial charge in [-0.15, -0.1) is 0 Å². The molecule has 0 aliphatic carbocycles. The smallest absolute Gasteiger partial charge is 0.201 e. The van der Waals surface area contributed by atoms with Gasteiger partial charge in [-0.05, 0) is 26.4 Å². The number of likely N-dealkylation sites (tertiary alicyclic amines) is 1. The zero-order valence-electron chi connectivity index (χ0n) is 12.8. The van der Waals surface area contributed by atoms with Crippen LogP contribution in [0, 0.1) is 0 Å². The Morgan fingerprint density at radius 3 is 2.62 bits per heavy atom. The number of nitrogens with zero attached hydrogens (tertiary/aromatic N) is 3. The average molecular weight is 290 g/mol. The van der Waals surface area contributed by atoms with Crippen molar-refractivity contribution in [3.05, 3.63) is 12.1 Å². The van der Waals surface area contributed by atoms with E-state index >= 15 is 0 Å². The van der Waals surface area contributed by atoms with Gasteiger partial charge in [-0.2, -0.15) is 0 Å². The summed E-state index contributed by atoms with van der Waals surface area (Å²) >= 11 is 0. The average Bonchev–Trinajstić information content (AvgIpc) is 2.80. The van der Waals surface area contributed by atoms with Crippen LogP contribution in [0.1, 0.15) is 18.9 Å². The highest BCUT2D eigenvalue weighted by Gasteiger charge is 2.23. The second-order valence-corrected chi connectivity index (χ2v) is 5.59. The predicted molar refractivity (Wildman–Crippen MR) is 83.0 cm³/mol. The third-order valence-electron chi connectivity index (χ3n) is 4.19. The van der Waals surface area contributed by atoms with E-state index in [0.29, 0.717) is 23.5 Å². The zero-order chi connectivity index (χ0) is 15.0. The van der Waals surface area contributed by atoms with Crippen molar-refractivity contribution in [2.24, 2.45) is 0 Å². The van der Waals surface area contributed by atoms with Gasteiger partial charge in [-0.1, -0.05) is 0 Å². The van der Waals surface area contributed by atoms with Crippen molar-refractivity contribution in [2.45, 2.75) is 18.9 Å². The Kier molecular flexibility index (Phi) is 3.63. The Morgan fingerprint density at radius 1 is 1.24 bits per heavy atom. The molecule has 114 valence electrons. The zero-order valence-corrected chi connectivity index (χ0v) is 12.8. The van der Waals surface area contributed by atoms with Gasteiger partial charge in [0.15, 0.2) is 11.5 Å². The molecule has 2 heterocycles. The van der Waals surface area contributed by atoms with Gasteiger partial charge in [0.25, 0.3) is 0 Å². The molecule has 3 rings (SSSR count). The SMILES string of the molecule is COc1cc2nc(N)n(C3CCCN(C)C3)c2cc1OC. The quantitative estimate of drug-likeness (QED) is 0.935. The Bertz CT molecular complexity index is 653. The number of nitrogen functional groups attached to an aromatic ring is 1. The highest BCUT2D eigenvalue weighted by molar-refractivity contribution is 5.82. The van der Waals surface area contributed by atoms with E-state index in [2.05, 4.69) is 21.5 Å². The highest BCUT2D eigenvalue weighted by Crippen LogP contribution is 2.35. The highest BCUT2D eigenvalue weighted by atomic mass is 16.5. The van der Waals surface area contributed by atoms with Crippen molar-refractivity contribution in [1.82, 2.24) is 14.5 Å². The van der Waals surface area contributed by atoms with Crippen molar-refractivity contribution < 1.29 is 9.47 Å². The summed E-state index contributed by atoms with van der Waals surface area (Å²) in [7, 11) is 5.41. The predicted octanol–water partition coefficient (Wildman–Crippen LogP) is 1.90. The van der Waals surface area contributed by atoms with Gasteiger partial charge in [0.1, 0.15) is 0 Å². The molecule has 1 aromatic carbocycles. The van der Waals surface area contributed by atoms with Gasteiger partial charge >= 0.3 is 0 Å². The van der Waals surface area contributed by atoms with Gasteiger partial charge in [0, 0.05) is 24.7 Å². The molecule has 0 radical (unpaired) electrons. The van der Waals surface area contributed by atoms with Crippen LogP contribution >= 0.6 is 0 Å². The number of piperidine rings is 1. The molecule has 1 saturated heterocycles. The summed E-state index contributed by atoms with van der Waals surface area (Å²) in [5.41, 5.74) is 8.02. The van der Waals surface area contributed by atoms with Crippen molar-refractivity contribution in [3.8, 4) is 11.5 Å². The second kappa shape index (κ2) is 5.44. The fraction of sp³-hybridized carbons (Fsp3) is 0.533. The standard InChI is InChI=1S/C15H22N4O2/c1-18-6-4-5-10(9-18)19-12-8-14(21-3)13(20-2)7-11(12)17-15(19)16/h7-8,10H,4-6,9H2,1-3H3,(H2,16,17). The summed E-state index contributed by atoms with van der Waals surface area (Å²) < 4.78 is 12.9. The van der Waals surface area contributed by atoms with Crippen LogP contribution in [0.2, 0.25) is 0 Å². The Morgan fingerprint density at radius 2 is 1.95 bits per heavy atom. The van der Waals surface area contributed by atoms with Gasteiger partial charge in [0.2, 0.25) is 5.95 Å². The third-order valence-corrected chi connectivity index (χ3v) is 4.19. The van der Waals surface area contributed by atoms with Crippen LogP contribution in [0.3, 0.4) is 0 Å². The lowest BCUT2D eigenvalue weighted by atomic mass is 10.1. The lowest BCUT2D eigenvalue weighted by Gasteiger charge is -2.31. The molecule has 1 fully saturated rings. The minimum atomic E-state index is 0.354. The molecule has 1 aliphatic rings. The number of hydrogen-bond donors (Lipinski definition) is 1. The normalized spacial score (nSPS) is 19.9. The lowest BCUT2D eigenvalue weighted by Crippen LogP contribution is -2.33. The first-order valence-corrected chi connectivity index (χ1v) is 7.22. The molecule has 0 spiro atoms. The maximum Gasteiger partial charge on any atom is 0.201 e. The number of imidazole rings is 1.